The molecular weight excluding hydrogens is 302 g/mol. The number of aliphatic hydroxyl groups is 1. The lowest BCUT2D eigenvalue weighted by molar-refractivity contribution is 0.192. The van der Waals surface area contributed by atoms with E-state index in [1.165, 1.54) is 18.2 Å². The van der Waals surface area contributed by atoms with E-state index in [1.54, 1.807) is 24.3 Å². The van der Waals surface area contributed by atoms with Gasteiger partial charge in [0.15, 0.2) is 0 Å². The van der Waals surface area contributed by atoms with Crippen LogP contribution in [0.5, 0.6) is 0 Å². The van der Waals surface area contributed by atoms with E-state index in [1.807, 2.05) is 0 Å². The number of fused-ring (bicyclic) bond motifs is 1. The number of hydrogen-bond donors (Lipinski definition) is 1. The van der Waals surface area contributed by atoms with Gasteiger partial charge >= 0.3 is 0 Å². The summed E-state index contributed by atoms with van der Waals surface area (Å²) in [6, 6.07) is 10.9. The summed E-state index contributed by atoms with van der Waals surface area (Å²) >= 11 is 11.6. The van der Waals surface area contributed by atoms with Crippen LogP contribution in [0, 0.1) is 5.82 Å². The van der Waals surface area contributed by atoms with Crippen molar-refractivity contribution in [3.05, 3.63) is 69.7 Å². The normalized spacial score (nSPS) is 12.8. The minimum atomic E-state index is -1.01. The average Bonchev–Trinajstić information content (AvgIpc) is 2.84. The van der Waals surface area contributed by atoms with E-state index in [9.17, 15) is 9.50 Å². The minimum Gasteiger partial charge on any atom is -0.458 e. The number of aliphatic hydroxyl groups excluding tert-OH is 1. The van der Waals surface area contributed by atoms with Crippen molar-refractivity contribution in [2.45, 2.75) is 6.10 Å². The molecular formula is C15H9Cl2FO2. The first kappa shape index (κ1) is 13.4. The fourth-order valence-electron chi connectivity index (χ4n) is 2.02. The highest BCUT2D eigenvalue weighted by Crippen LogP contribution is 2.31. The zero-order valence-corrected chi connectivity index (χ0v) is 11.6. The van der Waals surface area contributed by atoms with Crippen LogP contribution in [0.15, 0.2) is 46.9 Å². The molecule has 102 valence electrons. The molecule has 1 N–H and O–H groups in total. The van der Waals surface area contributed by atoms with Crippen LogP contribution in [-0.2, 0) is 0 Å². The van der Waals surface area contributed by atoms with Gasteiger partial charge in [-0.05, 0) is 42.0 Å². The molecule has 0 saturated heterocycles. The third kappa shape index (κ3) is 2.40. The van der Waals surface area contributed by atoms with E-state index >= 15 is 0 Å². The van der Waals surface area contributed by atoms with Gasteiger partial charge in [-0.3, -0.25) is 0 Å². The summed E-state index contributed by atoms with van der Waals surface area (Å²) in [7, 11) is 0. The molecule has 0 aliphatic heterocycles. The lowest BCUT2D eigenvalue weighted by Gasteiger charge is -2.08. The molecule has 20 heavy (non-hydrogen) atoms. The summed E-state index contributed by atoms with van der Waals surface area (Å²) in [5.74, 6) is -0.177. The van der Waals surface area contributed by atoms with E-state index < -0.39 is 11.9 Å². The molecule has 0 aliphatic rings. The summed E-state index contributed by atoms with van der Waals surface area (Å²) in [4.78, 5) is 0. The van der Waals surface area contributed by atoms with Crippen molar-refractivity contribution in [3.63, 3.8) is 0 Å². The van der Waals surface area contributed by atoms with E-state index in [0.29, 0.717) is 21.9 Å². The van der Waals surface area contributed by atoms with Gasteiger partial charge in [0, 0.05) is 10.4 Å². The molecule has 2 nitrogen and oxygen atoms in total. The predicted molar refractivity (Wildman–Crippen MR) is 76.7 cm³/mol. The van der Waals surface area contributed by atoms with Gasteiger partial charge < -0.3 is 9.52 Å². The van der Waals surface area contributed by atoms with E-state index in [2.05, 4.69) is 0 Å². The lowest BCUT2D eigenvalue weighted by atomic mass is 10.1. The first-order valence-electron chi connectivity index (χ1n) is 5.86. The standard InChI is InChI=1S/C15H9Cl2FO2/c16-10-2-4-13-9(5-10)7-14(20-13)15(19)8-1-3-12(18)11(17)6-8/h1-7,15,19H. The van der Waals surface area contributed by atoms with Crippen LogP contribution in [0.25, 0.3) is 11.0 Å². The first-order valence-corrected chi connectivity index (χ1v) is 6.62. The summed E-state index contributed by atoms with van der Waals surface area (Å²) < 4.78 is 18.7. The van der Waals surface area contributed by atoms with Gasteiger partial charge in [0.1, 0.15) is 23.3 Å². The molecule has 0 aliphatic carbocycles. The maximum absolute atomic E-state index is 13.1. The molecule has 1 atom stereocenters. The van der Waals surface area contributed by atoms with E-state index in [-0.39, 0.29) is 5.02 Å². The molecule has 5 heteroatoms. The Balaban J connectivity index is 2.02. The fourth-order valence-corrected chi connectivity index (χ4v) is 2.39. The summed E-state index contributed by atoms with van der Waals surface area (Å²) in [5.41, 5.74) is 1.08. The van der Waals surface area contributed by atoms with Gasteiger partial charge in [-0.2, -0.15) is 0 Å². The molecule has 2 aromatic carbocycles. The van der Waals surface area contributed by atoms with Crippen molar-refractivity contribution < 1.29 is 13.9 Å². The van der Waals surface area contributed by atoms with Crippen molar-refractivity contribution in [1.82, 2.24) is 0 Å². The number of rotatable bonds is 2. The quantitative estimate of drug-likeness (QED) is 0.725. The summed E-state index contributed by atoms with van der Waals surface area (Å²) in [6.45, 7) is 0. The Morgan fingerprint density at radius 2 is 1.85 bits per heavy atom. The zero-order chi connectivity index (χ0) is 14.3. The first-order chi connectivity index (χ1) is 9.54. The van der Waals surface area contributed by atoms with E-state index in [0.717, 1.165) is 5.39 Å². The maximum atomic E-state index is 13.1. The van der Waals surface area contributed by atoms with Crippen molar-refractivity contribution >= 4 is 34.2 Å². The third-order valence-electron chi connectivity index (χ3n) is 3.03. The summed E-state index contributed by atoms with van der Waals surface area (Å²) in [6.07, 6.45) is -1.01. The van der Waals surface area contributed by atoms with Crippen molar-refractivity contribution in [2.24, 2.45) is 0 Å². The van der Waals surface area contributed by atoms with Gasteiger partial charge in [-0.1, -0.05) is 29.3 Å². The number of hydrogen-bond acceptors (Lipinski definition) is 2. The highest BCUT2D eigenvalue weighted by atomic mass is 35.5. The number of furan rings is 1. The molecule has 1 heterocycles. The van der Waals surface area contributed by atoms with Crippen molar-refractivity contribution in [1.29, 1.82) is 0 Å². The topological polar surface area (TPSA) is 33.4 Å². The molecule has 0 spiro atoms. The van der Waals surface area contributed by atoms with Crippen LogP contribution >= 0.6 is 23.2 Å². The average molecular weight is 311 g/mol. The van der Waals surface area contributed by atoms with Crippen LogP contribution in [0.4, 0.5) is 4.39 Å². The zero-order valence-electron chi connectivity index (χ0n) is 10.1. The van der Waals surface area contributed by atoms with Gasteiger partial charge in [0.25, 0.3) is 0 Å². The Kier molecular flexibility index (Phi) is 3.42. The van der Waals surface area contributed by atoms with Crippen LogP contribution in [0.1, 0.15) is 17.4 Å². The lowest BCUT2D eigenvalue weighted by Crippen LogP contribution is -1.98. The van der Waals surface area contributed by atoms with Crippen LogP contribution in [0.3, 0.4) is 0 Å². The van der Waals surface area contributed by atoms with Gasteiger partial charge in [-0.15, -0.1) is 0 Å². The second kappa shape index (κ2) is 5.09. The Labute approximate surface area is 124 Å². The molecule has 0 fully saturated rings. The van der Waals surface area contributed by atoms with Crippen molar-refractivity contribution in [2.75, 3.05) is 0 Å². The van der Waals surface area contributed by atoms with Gasteiger partial charge in [0.05, 0.1) is 5.02 Å². The molecule has 3 aromatic rings. The largest absolute Gasteiger partial charge is 0.458 e. The fraction of sp³-hybridized carbons (Fsp3) is 0.0667. The Hall–Kier alpha value is -1.55. The summed E-state index contributed by atoms with van der Waals surface area (Å²) in [5, 5.41) is 11.6. The highest BCUT2D eigenvalue weighted by Gasteiger charge is 2.17. The van der Waals surface area contributed by atoms with Crippen LogP contribution in [-0.4, -0.2) is 5.11 Å². The molecule has 1 unspecified atom stereocenters. The second-order valence-corrected chi connectivity index (χ2v) is 5.25. The minimum absolute atomic E-state index is 0.0410. The highest BCUT2D eigenvalue weighted by molar-refractivity contribution is 6.31. The Morgan fingerprint density at radius 3 is 2.60 bits per heavy atom. The third-order valence-corrected chi connectivity index (χ3v) is 3.55. The molecule has 1 aromatic heterocycles. The van der Waals surface area contributed by atoms with Crippen molar-refractivity contribution in [3.8, 4) is 0 Å². The predicted octanol–water partition coefficient (Wildman–Crippen LogP) is 4.96. The van der Waals surface area contributed by atoms with Gasteiger partial charge in [-0.25, -0.2) is 4.39 Å². The molecule has 0 saturated carbocycles. The molecule has 0 amide bonds. The SMILES string of the molecule is OC(c1ccc(F)c(Cl)c1)c1cc2cc(Cl)ccc2o1. The molecule has 0 bridgehead atoms. The smallest absolute Gasteiger partial charge is 0.141 e. The maximum Gasteiger partial charge on any atom is 0.141 e. The second-order valence-electron chi connectivity index (χ2n) is 4.41. The van der Waals surface area contributed by atoms with Crippen LogP contribution < -0.4 is 0 Å². The van der Waals surface area contributed by atoms with Gasteiger partial charge in [0.2, 0.25) is 0 Å². The van der Waals surface area contributed by atoms with E-state index in [4.69, 9.17) is 27.6 Å². The Bertz CT molecular complexity index is 783. The van der Waals surface area contributed by atoms with Crippen LogP contribution in [0.2, 0.25) is 10.0 Å². The Morgan fingerprint density at radius 1 is 1.05 bits per heavy atom. The monoisotopic (exact) mass is 310 g/mol. The molecule has 3 rings (SSSR count). The number of benzene rings is 2. The molecule has 0 radical (unpaired) electrons. The number of halogens is 3.